The lowest BCUT2D eigenvalue weighted by molar-refractivity contribution is -0.120. The quantitative estimate of drug-likeness (QED) is 0.635. The van der Waals surface area contributed by atoms with Crippen molar-refractivity contribution in [1.82, 2.24) is 5.32 Å². The largest absolute Gasteiger partial charge is 0.351 e. The van der Waals surface area contributed by atoms with Crippen molar-refractivity contribution in [3.63, 3.8) is 0 Å². The van der Waals surface area contributed by atoms with Crippen LogP contribution in [0.5, 0.6) is 0 Å². The van der Waals surface area contributed by atoms with E-state index in [1.807, 2.05) is 60.7 Å². The third kappa shape index (κ3) is 4.94. The molecule has 0 heterocycles. The molecule has 25 heavy (non-hydrogen) atoms. The van der Waals surface area contributed by atoms with Crippen LogP contribution in [0.4, 0.5) is 4.39 Å². The Bertz CT molecular complexity index is 824. The maximum Gasteiger partial charge on any atom is 0.238 e. The van der Waals surface area contributed by atoms with Crippen LogP contribution in [0.15, 0.2) is 89.8 Å². The highest BCUT2D eigenvalue weighted by atomic mass is 32.2. The van der Waals surface area contributed by atoms with Crippen molar-refractivity contribution >= 4 is 17.7 Å². The highest BCUT2D eigenvalue weighted by Crippen LogP contribution is 2.35. The molecule has 0 aromatic heterocycles. The molecule has 0 spiro atoms. The van der Waals surface area contributed by atoms with Gasteiger partial charge in [-0.25, -0.2) is 4.39 Å². The second-order valence-electron chi connectivity index (χ2n) is 5.57. The lowest BCUT2D eigenvalue weighted by atomic mass is 10.1. The molecule has 126 valence electrons. The summed E-state index contributed by atoms with van der Waals surface area (Å²) < 4.78 is 13.3. The first-order chi connectivity index (χ1) is 12.2. The summed E-state index contributed by atoms with van der Waals surface area (Å²) in [7, 11) is 0. The summed E-state index contributed by atoms with van der Waals surface area (Å²) in [5, 5.41) is 2.55. The first kappa shape index (κ1) is 17.2. The summed E-state index contributed by atoms with van der Waals surface area (Å²) in [5.74, 6) is -0.394. The van der Waals surface area contributed by atoms with Crippen LogP contribution in [-0.4, -0.2) is 5.91 Å². The lowest BCUT2D eigenvalue weighted by Gasteiger charge is -2.17. The summed E-state index contributed by atoms with van der Waals surface area (Å²) >= 11 is 1.50. The van der Waals surface area contributed by atoms with Crippen molar-refractivity contribution in [3.8, 4) is 0 Å². The van der Waals surface area contributed by atoms with E-state index in [4.69, 9.17) is 0 Å². The van der Waals surface area contributed by atoms with E-state index in [2.05, 4.69) is 5.32 Å². The van der Waals surface area contributed by atoms with Crippen molar-refractivity contribution in [2.24, 2.45) is 0 Å². The van der Waals surface area contributed by atoms with Crippen LogP contribution >= 0.6 is 11.8 Å². The summed E-state index contributed by atoms with van der Waals surface area (Å²) in [5.41, 5.74) is 1.68. The van der Waals surface area contributed by atoms with Gasteiger partial charge in [0.05, 0.1) is 0 Å². The van der Waals surface area contributed by atoms with Crippen molar-refractivity contribution in [1.29, 1.82) is 0 Å². The highest BCUT2D eigenvalue weighted by Gasteiger charge is 2.21. The number of benzene rings is 3. The minimum Gasteiger partial charge on any atom is -0.351 e. The molecule has 3 rings (SSSR count). The molecular weight excluding hydrogens is 333 g/mol. The van der Waals surface area contributed by atoms with Gasteiger partial charge in [-0.05, 0) is 35.4 Å². The zero-order valence-corrected chi connectivity index (χ0v) is 14.4. The van der Waals surface area contributed by atoms with Gasteiger partial charge in [-0.3, -0.25) is 4.79 Å². The number of carbonyl (C=O) groups is 1. The molecule has 0 aliphatic carbocycles. The van der Waals surface area contributed by atoms with E-state index in [0.717, 1.165) is 16.0 Å². The van der Waals surface area contributed by atoms with Crippen LogP contribution in [-0.2, 0) is 11.3 Å². The van der Waals surface area contributed by atoms with Gasteiger partial charge >= 0.3 is 0 Å². The van der Waals surface area contributed by atoms with E-state index in [0.29, 0.717) is 6.54 Å². The maximum atomic E-state index is 13.3. The Hall–Kier alpha value is -2.59. The number of nitrogens with one attached hydrogen (secondary N) is 1. The smallest absolute Gasteiger partial charge is 0.238 e. The van der Waals surface area contributed by atoms with Gasteiger partial charge in [0.1, 0.15) is 11.1 Å². The first-order valence-electron chi connectivity index (χ1n) is 8.01. The lowest BCUT2D eigenvalue weighted by Crippen LogP contribution is -2.27. The van der Waals surface area contributed by atoms with E-state index >= 15 is 0 Å². The Morgan fingerprint density at radius 1 is 0.920 bits per heavy atom. The molecule has 0 fully saturated rings. The van der Waals surface area contributed by atoms with E-state index in [1.54, 1.807) is 12.1 Å². The fraction of sp³-hybridized carbons (Fsp3) is 0.0952. The second kappa shape index (κ2) is 8.49. The average molecular weight is 351 g/mol. The minimum atomic E-state index is -0.364. The van der Waals surface area contributed by atoms with E-state index in [1.165, 1.54) is 23.9 Å². The van der Waals surface area contributed by atoms with Gasteiger partial charge in [0.2, 0.25) is 5.91 Å². The molecule has 0 aliphatic rings. The summed E-state index contributed by atoms with van der Waals surface area (Å²) in [6.07, 6.45) is 0. The third-order valence-electron chi connectivity index (χ3n) is 3.69. The molecule has 0 aliphatic heterocycles. The fourth-order valence-corrected chi connectivity index (χ4v) is 3.53. The van der Waals surface area contributed by atoms with Crippen molar-refractivity contribution in [3.05, 3.63) is 102 Å². The monoisotopic (exact) mass is 351 g/mol. The molecule has 0 saturated heterocycles. The summed E-state index contributed by atoms with van der Waals surface area (Å²) in [4.78, 5) is 13.8. The van der Waals surface area contributed by atoms with E-state index < -0.39 is 0 Å². The first-order valence-corrected chi connectivity index (χ1v) is 8.89. The standard InChI is InChI=1S/C21H18FNOS/c22-18-11-7-8-16(14-18)15-23-21(24)20(17-9-3-1-4-10-17)25-19-12-5-2-6-13-19/h1-14,20H,15H2,(H,23,24). The third-order valence-corrected chi connectivity index (χ3v) is 4.96. The molecular formula is C21H18FNOS. The molecule has 1 amide bonds. The van der Waals surface area contributed by atoms with Crippen LogP contribution < -0.4 is 5.32 Å². The number of amides is 1. The Labute approximate surface area is 151 Å². The Morgan fingerprint density at radius 3 is 2.28 bits per heavy atom. The van der Waals surface area contributed by atoms with Gasteiger partial charge in [-0.2, -0.15) is 0 Å². The number of rotatable bonds is 6. The second-order valence-corrected chi connectivity index (χ2v) is 6.75. The average Bonchev–Trinajstić information content (AvgIpc) is 2.66. The zero-order chi connectivity index (χ0) is 17.5. The maximum absolute atomic E-state index is 13.3. The van der Waals surface area contributed by atoms with Gasteiger partial charge in [0.15, 0.2) is 0 Å². The molecule has 0 saturated carbocycles. The molecule has 1 N–H and O–H groups in total. The van der Waals surface area contributed by atoms with Crippen LogP contribution in [0, 0.1) is 5.82 Å². The van der Waals surface area contributed by atoms with Gasteiger partial charge in [-0.1, -0.05) is 60.7 Å². The topological polar surface area (TPSA) is 29.1 Å². The van der Waals surface area contributed by atoms with Gasteiger partial charge < -0.3 is 5.32 Å². The molecule has 4 heteroatoms. The number of carbonyl (C=O) groups excluding carboxylic acids is 1. The molecule has 1 unspecified atom stereocenters. The van der Waals surface area contributed by atoms with Crippen LogP contribution in [0.1, 0.15) is 16.4 Å². The number of halogens is 1. The van der Waals surface area contributed by atoms with Gasteiger partial charge in [-0.15, -0.1) is 11.8 Å². The van der Waals surface area contributed by atoms with Gasteiger partial charge in [0.25, 0.3) is 0 Å². The summed E-state index contributed by atoms with van der Waals surface area (Å²) in [6.45, 7) is 0.301. The molecule has 1 atom stereocenters. The Kier molecular flexibility index (Phi) is 5.86. The van der Waals surface area contributed by atoms with Gasteiger partial charge in [0, 0.05) is 11.4 Å². The molecule has 0 radical (unpaired) electrons. The summed E-state index contributed by atoms with van der Waals surface area (Å²) in [6, 6.07) is 25.8. The predicted molar refractivity (Wildman–Crippen MR) is 99.7 cm³/mol. The zero-order valence-electron chi connectivity index (χ0n) is 13.6. The predicted octanol–water partition coefficient (Wildman–Crippen LogP) is 4.98. The van der Waals surface area contributed by atoms with E-state index in [-0.39, 0.29) is 17.0 Å². The fourth-order valence-electron chi connectivity index (χ4n) is 2.46. The Morgan fingerprint density at radius 2 is 1.60 bits per heavy atom. The van der Waals surface area contributed by atoms with Crippen molar-refractivity contribution < 1.29 is 9.18 Å². The molecule has 3 aromatic carbocycles. The normalized spacial score (nSPS) is 11.7. The number of hydrogen-bond acceptors (Lipinski definition) is 2. The SMILES string of the molecule is O=C(NCc1cccc(F)c1)C(Sc1ccccc1)c1ccccc1. The van der Waals surface area contributed by atoms with Crippen LogP contribution in [0.3, 0.4) is 0 Å². The number of thioether (sulfide) groups is 1. The van der Waals surface area contributed by atoms with E-state index in [9.17, 15) is 9.18 Å². The molecule has 0 bridgehead atoms. The highest BCUT2D eigenvalue weighted by molar-refractivity contribution is 8.00. The molecule has 3 aromatic rings. The van der Waals surface area contributed by atoms with Crippen LogP contribution in [0.2, 0.25) is 0 Å². The Balaban J connectivity index is 1.75. The van der Waals surface area contributed by atoms with Crippen molar-refractivity contribution in [2.75, 3.05) is 0 Å². The molecule has 2 nitrogen and oxygen atoms in total. The van der Waals surface area contributed by atoms with Crippen molar-refractivity contribution in [2.45, 2.75) is 16.7 Å². The minimum absolute atomic E-state index is 0.0932. The number of hydrogen-bond donors (Lipinski definition) is 1. The van der Waals surface area contributed by atoms with Crippen LogP contribution in [0.25, 0.3) is 0 Å².